The summed E-state index contributed by atoms with van der Waals surface area (Å²) < 4.78 is 5.46. The largest absolute Gasteiger partial charge is 0.464 e. The molecule has 0 spiro atoms. The minimum atomic E-state index is -0.454. The molecule has 4 nitrogen and oxygen atoms in total. The Bertz CT molecular complexity index is 473. The molecule has 0 radical (unpaired) electrons. The number of carbonyl (C=O) groups excluding carboxylic acids is 1. The van der Waals surface area contributed by atoms with E-state index in [4.69, 9.17) is 16.3 Å². The zero-order chi connectivity index (χ0) is 17.9. The molecule has 0 saturated heterocycles. The lowest BCUT2D eigenvalue weighted by molar-refractivity contribution is -0.146. The topological polar surface area (TPSA) is 41.6 Å². The predicted octanol–water partition coefficient (Wildman–Crippen LogP) is 3.90. The zero-order valence-corrected chi connectivity index (χ0v) is 16.1. The van der Waals surface area contributed by atoms with Gasteiger partial charge >= 0.3 is 5.97 Å². The molecule has 1 unspecified atom stereocenters. The fraction of sp³-hybridized carbons (Fsp3) is 0.632. The highest BCUT2D eigenvalue weighted by Gasteiger charge is 2.21. The van der Waals surface area contributed by atoms with Crippen LogP contribution in [0.25, 0.3) is 0 Å². The molecule has 136 valence electrons. The van der Waals surface area contributed by atoms with Crippen molar-refractivity contribution < 1.29 is 9.53 Å². The summed E-state index contributed by atoms with van der Waals surface area (Å²) in [7, 11) is 0. The molecular formula is C19H31ClN2O2. The first-order valence-corrected chi connectivity index (χ1v) is 9.23. The Morgan fingerprint density at radius 2 is 1.83 bits per heavy atom. The van der Waals surface area contributed by atoms with Gasteiger partial charge in [0.1, 0.15) is 6.04 Å². The number of ether oxygens (including phenoxy) is 1. The van der Waals surface area contributed by atoms with Crippen molar-refractivity contribution in [2.75, 3.05) is 32.8 Å². The molecule has 0 saturated carbocycles. The lowest BCUT2D eigenvalue weighted by Gasteiger charge is -2.22. The molecule has 1 atom stereocenters. The molecule has 0 bridgehead atoms. The first-order chi connectivity index (χ1) is 11.5. The highest BCUT2D eigenvalue weighted by Crippen LogP contribution is 2.18. The quantitative estimate of drug-likeness (QED) is 0.612. The second-order valence-corrected chi connectivity index (χ2v) is 6.75. The number of rotatable bonds is 11. The van der Waals surface area contributed by atoms with Gasteiger partial charge in [-0.1, -0.05) is 51.4 Å². The van der Waals surface area contributed by atoms with Gasteiger partial charge in [-0.3, -0.25) is 5.32 Å². The van der Waals surface area contributed by atoms with Crippen molar-refractivity contribution in [1.29, 1.82) is 0 Å². The average Bonchev–Trinajstić information content (AvgIpc) is 2.56. The Hall–Kier alpha value is -1.10. The van der Waals surface area contributed by atoms with E-state index in [-0.39, 0.29) is 5.97 Å². The van der Waals surface area contributed by atoms with Gasteiger partial charge in [0, 0.05) is 18.1 Å². The zero-order valence-electron chi connectivity index (χ0n) is 15.3. The van der Waals surface area contributed by atoms with Crippen LogP contribution in [0.15, 0.2) is 24.3 Å². The summed E-state index contributed by atoms with van der Waals surface area (Å²) in [5.74, 6) is 0.292. The van der Waals surface area contributed by atoms with Crippen molar-refractivity contribution in [3.8, 4) is 0 Å². The number of halogens is 1. The van der Waals surface area contributed by atoms with Gasteiger partial charge in [-0.25, -0.2) is 4.79 Å². The minimum absolute atomic E-state index is 0.225. The van der Waals surface area contributed by atoms with Gasteiger partial charge in [-0.05, 0) is 43.1 Å². The van der Waals surface area contributed by atoms with Crippen molar-refractivity contribution in [1.82, 2.24) is 10.2 Å². The Kier molecular flexibility index (Phi) is 9.99. The van der Waals surface area contributed by atoms with Crippen molar-refractivity contribution in [2.24, 2.45) is 5.92 Å². The molecule has 0 aliphatic rings. The van der Waals surface area contributed by atoms with E-state index in [1.54, 1.807) is 12.1 Å². The Labute approximate surface area is 151 Å². The molecule has 1 aromatic carbocycles. The fourth-order valence-electron chi connectivity index (χ4n) is 2.38. The standard InChI is InChI=1S/C19H31ClN2O2/c1-5-22(6-2)13-12-21-18(16-7-9-17(20)10-8-16)19(23)24-14-11-15(3)4/h7-10,15,18,21H,5-6,11-14H2,1-4H3. The van der Waals surface area contributed by atoms with E-state index in [1.165, 1.54) is 0 Å². The third-order valence-corrected chi connectivity index (χ3v) is 4.30. The van der Waals surface area contributed by atoms with Crippen LogP contribution in [0.3, 0.4) is 0 Å². The summed E-state index contributed by atoms with van der Waals surface area (Å²) in [6, 6.07) is 6.90. The fourth-order valence-corrected chi connectivity index (χ4v) is 2.50. The van der Waals surface area contributed by atoms with Crippen LogP contribution in [0.1, 0.15) is 45.7 Å². The average molecular weight is 355 g/mol. The minimum Gasteiger partial charge on any atom is -0.464 e. The SMILES string of the molecule is CCN(CC)CCNC(C(=O)OCCC(C)C)c1ccc(Cl)cc1. The molecule has 1 aromatic rings. The van der Waals surface area contributed by atoms with E-state index < -0.39 is 6.04 Å². The molecule has 0 fully saturated rings. The van der Waals surface area contributed by atoms with Gasteiger partial charge in [0.05, 0.1) is 6.61 Å². The van der Waals surface area contributed by atoms with Gasteiger partial charge in [-0.2, -0.15) is 0 Å². The molecule has 24 heavy (non-hydrogen) atoms. The molecule has 0 aliphatic heterocycles. The number of likely N-dealkylation sites (N-methyl/N-ethyl adjacent to an activating group) is 1. The van der Waals surface area contributed by atoms with Crippen molar-refractivity contribution in [3.63, 3.8) is 0 Å². The van der Waals surface area contributed by atoms with E-state index in [2.05, 4.69) is 37.9 Å². The summed E-state index contributed by atoms with van der Waals surface area (Å²) in [6.07, 6.45) is 0.874. The van der Waals surface area contributed by atoms with Gasteiger partial charge < -0.3 is 9.64 Å². The maximum atomic E-state index is 12.5. The summed E-state index contributed by atoms with van der Waals surface area (Å²) in [6.45, 7) is 12.6. The van der Waals surface area contributed by atoms with Crippen LogP contribution in [-0.2, 0) is 9.53 Å². The number of benzene rings is 1. The summed E-state index contributed by atoms with van der Waals surface area (Å²) in [5, 5.41) is 3.99. The Morgan fingerprint density at radius 3 is 2.38 bits per heavy atom. The highest BCUT2D eigenvalue weighted by molar-refractivity contribution is 6.30. The first kappa shape index (κ1) is 20.9. The van der Waals surface area contributed by atoms with Gasteiger partial charge in [0.15, 0.2) is 0 Å². The summed E-state index contributed by atoms with van der Waals surface area (Å²) in [5.41, 5.74) is 0.883. The number of hydrogen-bond acceptors (Lipinski definition) is 4. The van der Waals surface area contributed by atoms with Crippen LogP contribution < -0.4 is 5.32 Å². The van der Waals surface area contributed by atoms with E-state index in [0.717, 1.165) is 38.2 Å². The Balaban J connectivity index is 2.68. The number of hydrogen-bond donors (Lipinski definition) is 1. The molecule has 0 aromatic heterocycles. The second kappa shape index (κ2) is 11.5. The molecular weight excluding hydrogens is 324 g/mol. The molecule has 1 rings (SSSR count). The molecule has 0 amide bonds. The number of nitrogens with zero attached hydrogens (tertiary/aromatic N) is 1. The maximum Gasteiger partial charge on any atom is 0.327 e. The van der Waals surface area contributed by atoms with Gasteiger partial charge in [0.25, 0.3) is 0 Å². The highest BCUT2D eigenvalue weighted by atomic mass is 35.5. The van der Waals surface area contributed by atoms with Crippen LogP contribution in [0.4, 0.5) is 0 Å². The van der Waals surface area contributed by atoms with Crippen LogP contribution in [0.5, 0.6) is 0 Å². The molecule has 5 heteroatoms. The van der Waals surface area contributed by atoms with E-state index >= 15 is 0 Å². The van der Waals surface area contributed by atoms with Crippen molar-refractivity contribution in [2.45, 2.75) is 40.2 Å². The molecule has 0 heterocycles. The lowest BCUT2D eigenvalue weighted by atomic mass is 10.1. The van der Waals surface area contributed by atoms with E-state index in [0.29, 0.717) is 17.5 Å². The second-order valence-electron chi connectivity index (χ2n) is 6.32. The van der Waals surface area contributed by atoms with Crippen LogP contribution in [0, 0.1) is 5.92 Å². The van der Waals surface area contributed by atoms with E-state index in [9.17, 15) is 4.79 Å². The lowest BCUT2D eigenvalue weighted by Crippen LogP contribution is -2.37. The van der Waals surface area contributed by atoms with Crippen LogP contribution >= 0.6 is 11.6 Å². The molecule has 0 aliphatic carbocycles. The van der Waals surface area contributed by atoms with Crippen LogP contribution in [-0.4, -0.2) is 43.7 Å². The number of esters is 1. The van der Waals surface area contributed by atoms with Crippen molar-refractivity contribution in [3.05, 3.63) is 34.9 Å². The van der Waals surface area contributed by atoms with Crippen molar-refractivity contribution >= 4 is 17.6 Å². The van der Waals surface area contributed by atoms with E-state index in [1.807, 2.05) is 12.1 Å². The Morgan fingerprint density at radius 1 is 1.21 bits per heavy atom. The predicted molar refractivity (Wildman–Crippen MR) is 100 cm³/mol. The van der Waals surface area contributed by atoms with Gasteiger partial charge in [-0.15, -0.1) is 0 Å². The summed E-state index contributed by atoms with van der Waals surface area (Å²) >= 11 is 5.95. The third-order valence-electron chi connectivity index (χ3n) is 4.05. The normalized spacial score (nSPS) is 12.6. The van der Waals surface area contributed by atoms with Gasteiger partial charge in [0.2, 0.25) is 0 Å². The third kappa shape index (κ3) is 7.65. The maximum absolute atomic E-state index is 12.5. The summed E-state index contributed by atoms with van der Waals surface area (Å²) in [4.78, 5) is 14.8. The monoisotopic (exact) mass is 354 g/mol. The smallest absolute Gasteiger partial charge is 0.327 e. The number of carbonyl (C=O) groups is 1. The van der Waals surface area contributed by atoms with Crippen LogP contribution in [0.2, 0.25) is 5.02 Å². The first-order valence-electron chi connectivity index (χ1n) is 8.85. The number of nitrogens with one attached hydrogen (secondary N) is 1. The molecule has 1 N–H and O–H groups in total.